The van der Waals surface area contributed by atoms with Gasteiger partial charge in [0.05, 0.1) is 0 Å². The normalized spacial score (nSPS) is 16.2. The molecule has 0 unspecified atom stereocenters. The van der Waals surface area contributed by atoms with Gasteiger partial charge in [0.15, 0.2) is 5.96 Å². The monoisotopic (exact) mass is 295 g/mol. The smallest absolute Gasteiger partial charge is 0.191 e. The molecule has 1 aromatic carbocycles. The Labute approximate surface area is 124 Å². The lowest BCUT2D eigenvalue weighted by Gasteiger charge is -2.16. The van der Waals surface area contributed by atoms with Gasteiger partial charge in [-0.3, -0.25) is 4.99 Å². The molecule has 0 radical (unpaired) electrons. The molecule has 1 aliphatic carbocycles. The highest BCUT2D eigenvalue weighted by Crippen LogP contribution is 2.17. The van der Waals surface area contributed by atoms with Crippen LogP contribution in [-0.4, -0.2) is 25.1 Å². The Bertz CT molecular complexity index is 482. The van der Waals surface area contributed by atoms with Gasteiger partial charge in [-0.2, -0.15) is 0 Å². The summed E-state index contributed by atoms with van der Waals surface area (Å²) in [7, 11) is 0. The third-order valence-corrected chi connectivity index (χ3v) is 3.70. The zero-order valence-corrected chi connectivity index (χ0v) is 12.5. The van der Waals surface area contributed by atoms with E-state index in [1.165, 1.54) is 31.7 Å². The largest absolute Gasteiger partial charge is 0.357 e. The Hall–Kier alpha value is -1.65. The van der Waals surface area contributed by atoms with Crippen LogP contribution >= 0.6 is 0 Å². The number of nitrogens with zero attached hydrogens (tertiary/aromatic N) is 1. The molecule has 5 heteroatoms. The van der Waals surface area contributed by atoms with Gasteiger partial charge in [0.2, 0.25) is 0 Å². The number of rotatable bonds is 5. The first-order valence-corrected chi connectivity index (χ1v) is 7.68. The highest BCUT2D eigenvalue weighted by molar-refractivity contribution is 5.80. The Kier molecular flexibility index (Phi) is 5.96. The van der Waals surface area contributed by atoms with Crippen molar-refractivity contribution in [2.24, 2.45) is 4.99 Å². The molecule has 0 atom stereocenters. The van der Waals surface area contributed by atoms with Crippen LogP contribution in [-0.2, 0) is 6.42 Å². The minimum Gasteiger partial charge on any atom is -0.357 e. The predicted molar refractivity (Wildman–Crippen MR) is 81.4 cm³/mol. The predicted octanol–water partition coefficient (Wildman–Crippen LogP) is 3.01. The van der Waals surface area contributed by atoms with Crippen LogP contribution in [0.3, 0.4) is 0 Å². The molecular formula is C16H23F2N3. The van der Waals surface area contributed by atoms with E-state index in [0.29, 0.717) is 24.6 Å². The van der Waals surface area contributed by atoms with Crippen molar-refractivity contribution in [1.82, 2.24) is 10.6 Å². The molecule has 0 aliphatic heterocycles. The van der Waals surface area contributed by atoms with E-state index in [2.05, 4.69) is 15.6 Å². The fourth-order valence-electron chi connectivity index (χ4n) is 2.61. The van der Waals surface area contributed by atoms with Gasteiger partial charge in [0.25, 0.3) is 0 Å². The number of benzene rings is 1. The van der Waals surface area contributed by atoms with E-state index >= 15 is 0 Å². The maximum absolute atomic E-state index is 13.5. The van der Waals surface area contributed by atoms with Crippen LogP contribution < -0.4 is 10.6 Å². The molecule has 2 rings (SSSR count). The van der Waals surface area contributed by atoms with Crippen LogP contribution in [0.1, 0.15) is 38.2 Å². The van der Waals surface area contributed by atoms with E-state index in [1.54, 1.807) is 0 Å². The van der Waals surface area contributed by atoms with Gasteiger partial charge in [-0.15, -0.1) is 0 Å². The van der Waals surface area contributed by atoms with Crippen molar-refractivity contribution in [3.63, 3.8) is 0 Å². The van der Waals surface area contributed by atoms with Gasteiger partial charge >= 0.3 is 0 Å². The van der Waals surface area contributed by atoms with E-state index in [0.717, 1.165) is 24.6 Å². The van der Waals surface area contributed by atoms with Gasteiger partial charge in [-0.25, -0.2) is 8.78 Å². The zero-order valence-electron chi connectivity index (χ0n) is 12.5. The van der Waals surface area contributed by atoms with E-state index in [1.807, 2.05) is 6.92 Å². The molecule has 1 saturated carbocycles. The maximum atomic E-state index is 13.5. The number of aliphatic imine (C=N–C) groups is 1. The lowest BCUT2D eigenvalue weighted by atomic mass is 10.1. The molecule has 3 nitrogen and oxygen atoms in total. The Morgan fingerprint density at radius 3 is 2.76 bits per heavy atom. The first-order valence-electron chi connectivity index (χ1n) is 7.68. The molecular weight excluding hydrogens is 272 g/mol. The minimum absolute atomic E-state index is 0.371. The summed E-state index contributed by atoms with van der Waals surface area (Å²) in [5.41, 5.74) is 0.371. The molecule has 0 amide bonds. The van der Waals surface area contributed by atoms with Crippen molar-refractivity contribution in [2.45, 2.75) is 45.1 Å². The average Bonchev–Trinajstić information content (AvgIpc) is 2.96. The number of hydrogen-bond acceptors (Lipinski definition) is 1. The standard InChI is InChI=1S/C16H23F2N3/c1-2-19-16(21-14-5-3-4-6-14)20-10-9-12-11-13(17)7-8-15(12)18/h7-8,11,14H,2-6,9-10H2,1H3,(H2,19,20,21). The van der Waals surface area contributed by atoms with Gasteiger partial charge in [-0.05, 0) is 49.9 Å². The number of halogens is 2. The Morgan fingerprint density at radius 1 is 1.29 bits per heavy atom. The third-order valence-electron chi connectivity index (χ3n) is 3.70. The summed E-state index contributed by atoms with van der Waals surface area (Å²) in [5, 5.41) is 6.59. The first kappa shape index (κ1) is 15.7. The summed E-state index contributed by atoms with van der Waals surface area (Å²) >= 11 is 0. The second kappa shape index (κ2) is 7.96. The summed E-state index contributed by atoms with van der Waals surface area (Å²) in [6, 6.07) is 4.01. The topological polar surface area (TPSA) is 36.4 Å². The van der Waals surface area contributed by atoms with E-state index < -0.39 is 5.82 Å². The molecule has 0 heterocycles. The molecule has 0 aromatic heterocycles. The van der Waals surface area contributed by atoms with Crippen molar-refractivity contribution in [3.05, 3.63) is 35.4 Å². The maximum Gasteiger partial charge on any atom is 0.191 e. The second-order valence-corrected chi connectivity index (χ2v) is 5.37. The van der Waals surface area contributed by atoms with E-state index in [-0.39, 0.29) is 5.82 Å². The van der Waals surface area contributed by atoms with Crippen LogP contribution in [0.25, 0.3) is 0 Å². The molecule has 1 fully saturated rings. The zero-order chi connectivity index (χ0) is 15.1. The summed E-state index contributed by atoms with van der Waals surface area (Å²) in [6.07, 6.45) is 5.24. The van der Waals surface area contributed by atoms with Crippen LogP contribution in [0.2, 0.25) is 0 Å². The number of nitrogens with one attached hydrogen (secondary N) is 2. The first-order chi connectivity index (χ1) is 10.2. The summed E-state index contributed by atoms with van der Waals surface area (Å²) < 4.78 is 26.6. The van der Waals surface area contributed by atoms with Crippen LogP contribution in [0.15, 0.2) is 23.2 Å². The van der Waals surface area contributed by atoms with Crippen molar-refractivity contribution in [3.8, 4) is 0 Å². The summed E-state index contributed by atoms with van der Waals surface area (Å²) in [6.45, 7) is 3.23. The summed E-state index contributed by atoms with van der Waals surface area (Å²) in [5.74, 6) is -0.0204. The molecule has 1 aromatic rings. The van der Waals surface area contributed by atoms with E-state index in [4.69, 9.17) is 0 Å². The van der Waals surface area contributed by atoms with Crippen molar-refractivity contribution in [1.29, 1.82) is 0 Å². The van der Waals surface area contributed by atoms with Crippen molar-refractivity contribution in [2.75, 3.05) is 13.1 Å². The lowest BCUT2D eigenvalue weighted by molar-refractivity contribution is 0.584. The molecule has 21 heavy (non-hydrogen) atoms. The van der Waals surface area contributed by atoms with Crippen LogP contribution in [0.4, 0.5) is 8.78 Å². The SMILES string of the molecule is CCNC(=NCCc1cc(F)ccc1F)NC1CCCC1. The second-order valence-electron chi connectivity index (χ2n) is 5.37. The molecule has 0 spiro atoms. The number of hydrogen-bond donors (Lipinski definition) is 2. The number of guanidine groups is 1. The average molecular weight is 295 g/mol. The van der Waals surface area contributed by atoms with Gasteiger partial charge in [-0.1, -0.05) is 12.8 Å². The Balaban J connectivity index is 1.90. The molecule has 1 aliphatic rings. The quantitative estimate of drug-likeness (QED) is 0.647. The van der Waals surface area contributed by atoms with Crippen molar-refractivity contribution < 1.29 is 8.78 Å². The van der Waals surface area contributed by atoms with Crippen molar-refractivity contribution >= 4 is 5.96 Å². The molecule has 116 valence electrons. The molecule has 0 bridgehead atoms. The van der Waals surface area contributed by atoms with Gasteiger partial charge < -0.3 is 10.6 Å². The lowest BCUT2D eigenvalue weighted by Crippen LogP contribution is -2.42. The third kappa shape index (κ3) is 4.99. The summed E-state index contributed by atoms with van der Waals surface area (Å²) in [4.78, 5) is 4.45. The fraction of sp³-hybridized carbons (Fsp3) is 0.562. The fourth-order valence-corrected chi connectivity index (χ4v) is 2.61. The van der Waals surface area contributed by atoms with Gasteiger partial charge in [0, 0.05) is 19.1 Å². The van der Waals surface area contributed by atoms with Crippen LogP contribution in [0.5, 0.6) is 0 Å². The molecule has 2 N–H and O–H groups in total. The highest BCUT2D eigenvalue weighted by Gasteiger charge is 2.15. The van der Waals surface area contributed by atoms with E-state index in [9.17, 15) is 8.78 Å². The van der Waals surface area contributed by atoms with Crippen LogP contribution in [0, 0.1) is 11.6 Å². The molecule has 0 saturated heterocycles. The highest BCUT2D eigenvalue weighted by atomic mass is 19.1. The van der Waals surface area contributed by atoms with Gasteiger partial charge in [0.1, 0.15) is 11.6 Å². The Morgan fingerprint density at radius 2 is 2.05 bits per heavy atom. The minimum atomic E-state index is -0.411.